The van der Waals surface area contributed by atoms with Crippen LogP contribution in [0.3, 0.4) is 0 Å². The summed E-state index contributed by atoms with van der Waals surface area (Å²) in [6, 6.07) is 3.00. The molecular weight excluding hydrogens is 365 g/mol. The number of aliphatic hydroxyl groups is 1. The minimum absolute atomic E-state index is 0.0722. The molecule has 2 N–H and O–H groups in total. The first-order valence-corrected chi connectivity index (χ1v) is 7.42. The summed E-state index contributed by atoms with van der Waals surface area (Å²) in [5.41, 5.74) is -1.95. The largest absolute Gasteiger partial charge is 0.466 e. The molecule has 1 aliphatic heterocycles. The molecule has 136 valence electrons. The average molecular weight is 379 g/mol. The Hall–Kier alpha value is -2.26. The van der Waals surface area contributed by atoms with E-state index in [1.165, 1.54) is 6.07 Å². The number of halogens is 4. The van der Waals surface area contributed by atoms with Crippen LogP contribution in [0.25, 0.3) is 0 Å². The number of hydrogen-bond acceptors (Lipinski definition) is 5. The lowest BCUT2D eigenvalue weighted by atomic mass is 10.1. The van der Waals surface area contributed by atoms with Crippen LogP contribution in [0.15, 0.2) is 29.5 Å². The van der Waals surface area contributed by atoms with Crippen molar-refractivity contribution in [3.63, 3.8) is 0 Å². The highest BCUT2D eigenvalue weighted by Crippen LogP contribution is 2.37. The van der Waals surface area contributed by atoms with Crippen molar-refractivity contribution in [2.45, 2.75) is 6.18 Å². The summed E-state index contributed by atoms with van der Waals surface area (Å²) in [6.45, 7) is -0.608. The van der Waals surface area contributed by atoms with Gasteiger partial charge in [-0.15, -0.1) is 0 Å². The van der Waals surface area contributed by atoms with E-state index in [1.807, 2.05) is 0 Å². The zero-order valence-corrected chi connectivity index (χ0v) is 13.7. The number of benzene rings is 1. The number of β-amino-alcohol motifs (C(OH)–C–C–N with tert-alkyl or cyclic N) is 1. The number of methoxy groups -OCH3 is 1. The smallest absolute Gasteiger partial charge is 0.418 e. The number of alkyl halides is 3. The quantitative estimate of drug-likeness (QED) is 0.767. The number of carbonyl (C=O) groups is 2. The minimum atomic E-state index is -4.72. The molecule has 1 aliphatic rings. The molecule has 2 rings (SSSR count). The summed E-state index contributed by atoms with van der Waals surface area (Å²) in [5.74, 6) is -1.56. The maximum absolute atomic E-state index is 13.2. The van der Waals surface area contributed by atoms with Gasteiger partial charge in [0.1, 0.15) is 5.70 Å². The van der Waals surface area contributed by atoms with Gasteiger partial charge < -0.3 is 20.1 Å². The molecule has 0 fully saturated rings. The number of anilines is 1. The Bertz CT molecular complexity index is 734. The highest BCUT2D eigenvalue weighted by molar-refractivity contribution is 6.30. The summed E-state index contributed by atoms with van der Waals surface area (Å²) in [7, 11) is 1.09. The van der Waals surface area contributed by atoms with Crippen molar-refractivity contribution in [3.05, 3.63) is 40.1 Å². The highest BCUT2D eigenvalue weighted by Gasteiger charge is 2.38. The van der Waals surface area contributed by atoms with E-state index in [-0.39, 0.29) is 36.0 Å². The minimum Gasteiger partial charge on any atom is -0.466 e. The van der Waals surface area contributed by atoms with Gasteiger partial charge in [-0.25, -0.2) is 4.79 Å². The van der Waals surface area contributed by atoms with E-state index < -0.39 is 29.3 Å². The first kappa shape index (κ1) is 19.1. The van der Waals surface area contributed by atoms with Gasteiger partial charge in [-0.05, 0) is 18.2 Å². The Morgan fingerprint density at radius 2 is 2.12 bits per heavy atom. The van der Waals surface area contributed by atoms with Crippen molar-refractivity contribution >= 4 is 29.2 Å². The Balaban J connectivity index is 2.46. The summed E-state index contributed by atoms with van der Waals surface area (Å²) in [6.07, 6.45) is -4.72. The standard InChI is InChI=1S/C15H14ClF3N2O4/c1-25-14(24)9-7-21(4-5-22)13(23)12(9)20-11-3-2-8(16)6-10(11)15(17,18)19/h2-3,6,20,22H,4-5,7H2,1H3. The van der Waals surface area contributed by atoms with Crippen molar-refractivity contribution in [2.24, 2.45) is 0 Å². The molecule has 6 nitrogen and oxygen atoms in total. The maximum atomic E-state index is 13.2. The van der Waals surface area contributed by atoms with E-state index in [2.05, 4.69) is 10.1 Å². The molecule has 0 atom stereocenters. The number of carbonyl (C=O) groups excluding carboxylic acids is 2. The van der Waals surface area contributed by atoms with Crippen molar-refractivity contribution in [2.75, 3.05) is 32.1 Å². The second-order valence-corrected chi connectivity index (χ2v) is 5.54. The topological polar surface area (TPSA) is 78.9 Å². The van der Waals surface area contributed by atoms with Gasteiger partial charge in [0.25, 0.3) is 5.91 Å². The van der Waals surface area contributed by atoms with Crippen LogP contribution >= 0.6 is 11.6 Å². The van der Waals surface area contributed by atoms with E-state index in [4.69, 9.17) is 16.7 Å². The molecule has 10 heteroatoms. The molecule has 0 aromatic heterocycles. The summed E-state index contributed by atoms with van der Waals surface area (Å²) in [5, 5.41) is 11.2. The lowest BCUT2D eigenvalue weighted by molar-refractivity contribution is -0.137. The first-order valence-electron chi connectivity index (χ1n) is 7.04. The van der Waals surface area contributed by atoms with Crippen LogP contribution in [0.2, 0.25) is 5.02 Å². The number of ether oxygens (including phenoxy) is 1. The molecule has 1 amide bonds. The molecule has 0 saturated heterocycles. The number of esters is 1. The van der Waals surface area contributed by atoms with Gasteiger partial charge in [-0.3, -0.25) is 4.79 Å². The predicted octanol–water partition coefficient (Wildman–Crippen LogP) is 2.03. The number of nitrogens with one attached hydrogen (secondary N) is 1. The van der Waals surface area contributed by atoms with Crippen LogP contribution in [0.1, 0.15) is 5.56 Å². The van der Waals surface area contributed by atoms with E-state index in [0.717, 1.165) is 18.1 Å². The van der Waals surface area contributed by atoms with Gasteiger partial charge in [0, 0.05) is 11.6 Å². The highest BCUT2D eigenvalue weighted by atomic mass is 35.5. The van der Waals surface area contributed by atoms with Gasteiger partial charge in [0.2, 0.25) is 0 Å². The van der Waals surface area contributed by atoms with Crippen molar-refractivity contribution in [1.82, 2.24) is 4.90 Å². The number of amides is 1. The zero-order valence-electron chi connectivity index (χ0n) is 13.0. The molecule has 0 bridgehead atoms. The third-order valence-corrected chi connectivity index (χ3v) is 3.74. The first-order chi connectivity index (χ1) is 11.7. The Morgan fingerprint density at radius 1 is 1.44 bits per heavy atom. The van der Waals surface area contributed by atoms with Crippen LogP contribution in [-0.4, -0.2) is 48.7 Å². The van der Waals surface area contributed by atoms with Gasteiger partial charge >= 0.3 is 12.1 Å². The lowest BCUT2D eigenvalue weighted by Crippen LogP contribution is -2.31. The molecule has 0 unspecified atom stereocenters. The van der Waals surface area contributed by atoms with Gasteiger partial charge in [0.05, 0.1) is 37.1 Å². The fourth-order valence-corrected chi connectivity index (χ4v) is 2.52. The maximum Gasteiger partial charge on any atom is 0.418 e. The van der Waals surface area contributed by atoms with Crippen molar-refractivity contribution in [3.8, 4) is 0 Å². The van der Waals surface area contributed by atoms with Gasteiger partial charge in [-0.2, -0.15) is 13.2 Å². The fourth-order valence-electron chi connectivity index (χ4n) is 2.34. The zero-order chi connectivity index (χ0) is 18.8. The second kappa shape index (κ2) is 7.32. The normalized spacial score (nSPS) is 15.0. The molecule has 1 aromatic carbocycles. The Kier molecular flexibility index (Phi) is 5.58. The third-order valence-electron chi connectivity index (χ3n) is 3.50. The van der Waals surface area contributed by atoms with Crippen LogP contribution in [0.5, 0.6) is 0 Å². The molecule has 0 aliphatic carbocycles. The van der Waals surface area contributed by atoms with E-state index in [1.54, 1.807) is 0 Å². The summed E-state index contributed by atoms with van der Waals surface area (Å²) in [4.78, 5) is 25.3. The average Bonchev–Trinajstić information content (AvgIpc) is 2.84. The number of aliphatic hydroxyl groups excluding tert-OH is 1. The van der Waals surface area contributed by atoms with Crippen molar-refractivity contribution < 1.29 is 32.6 Å². The molecular formula is C15H14ClF3N2O4. The van der Waals surface area contributed by atoms with E-state index in [0.29, 0.717) is 6.07 Å². The Labute approximate surface area is 145 Å². The molecule has 1 aromatic rings. The number of nitrogens with zero attached hydrogens (tertiary/aromatic N) is 1. The number of hydrogen-bond donors (Lipinski definition) is 2. The monoisotopic (exact) mass is 378 g/mol. The summed E-state index contributed by atoms with van der Waals surface area (Å²) >= 11 is 5.62. The van der Waals surface area contributed by atoms with Crippen LogP contribution in [0, 0.1) is 0 Å². The van der Waals surface area contributed by atoms with Gasteiger partial charge in [0.15, 0.2) is 0 Å². The van der Waals surface area contributed by atoms with Crippen LogP contribution < -0.4 is 5.32 Å². The van der Waals surface area contributed by atoms with Crippen LogP contribution in [0.4, 0.5) is 18.9 Å². The molecule has 0 spiro atoms. The molecule has 0 saturated carbocycles. The van der Waals surface area contributed by atoms with E-state index in [9.17, 15) is 22.8 Å². The second-order valence-electron chi connectivity index (χ2n) is 5.11. The van der Waals surface area contributed by atoms with Crippen LogP contribution in [-0.2, 0) is 20.5 Å². The number of rotatable bonds is 5. The SMILES string of the molecule is COC(=O)C1=C(Nc2ccc(Cl)cc2C(F)(F)F)C(=O)N(CCO)C1. The third kappa shape index (κ3) is 4.05. The van der Waals surface area contributed by atoms with Crippen molar-refractivity contribution in [1.29, 1.82) is 0 Å². The van der Waals surface area contributed by atoms with E-state index >= 15 is 0 Å². The fraction of sp³-hybridized carbons (Fsp3) is 0.333. The lowest BCUT2D eigenvalue weighted by Gasteiger charge is -2.17. The predicted molar refractivity (Wildman–Crippen MR) is 82.8 cm³/mol. The molecule has 0 radical (unpaired) electrons. The Morgan fingerprint density at radius 3 is 2.68 bits per heavy atom. The summed E-state index contributed by atoms with van der Waals surface area (Å²) < 4.78 is 44.1. The molecule has 25 heavy (non-hydrogen) atoms. The van der Waals surface area contributed by atoms with Gasteiger partial charge in [-0.1, -0.05) is 11.6 Å². The molecule has 1 heterocycles.